The Morgan fingerprint density at radius 1 is 1.12 bits per heavy atom. The minimum atomic E-state index is -0.0736. The maximum Gasteiger partial charge on any atom is 0.251 e. The van der Waals surface area contributed by atoms with Crippen LogP contribution < -0.4 is 5.32 Å². The van der Waals surface area contributed by atoms with E-state index in [4.69, 9.17) is 0 Å². The van der Waals surface area contributed by atoms with Crippen LogP contribution in [-0.2, 0) is 0 Å². The summed E-state index contributed by atoms with van der Waals surface area (Å²) in [5.74, 6) is 0.407. The van der Waals surface area contributed by atoms with Gasteiger partial charge in [-0.3, -0.25) is 14.3 Å². The summed E-state index contributed by atoms with van der Waals surface area (Å²) in [4.78, 5) is 17.3. The molecule has 0 unspecified atom stereocenters. The number of nitrogens with zero attached hydrogens (tertiary/aromatic N) is 4. The molecule has 2 heterocycles. The molecule has 4 rings (SSSR count). The third-order valence-corrected chi connectivity index (χ3v) is 4.45. The Balaban J connectivity index is 1.52. The van der Waals surface area contributed by atoms with Gasteiger partial charge in [0.05, 0.1) is 11.7 Å². The quantitative estimate of drug-likeness (QED) is 0.779. The van der Waals surface area contributed by atoms with Crippen LogP contribution in [-0.4, -0.2) is 25.7 Å². The summed E-state index contributed by atoms with van der Waals surface area (Å²) in [6.45, 7) is 1.97. The lowest BCUT2D eigenvalue weighted by Crippen LogP contribution is -2.30. The Kier molecular flexibility index (Phi) is 4.01. The molecule has 1 aromatic carbocycles. The fourth-order valence-electron chi connectivity index (χ4n) is 2.94. The molecule has 3 aromatic rings. The zero-order chi connectivity index (χ0) is 17.2. The molecule has 1 aliphatic rings. The molecule has 6 nitrogen and oxygen atoms in total. The van der Waals surface area contributed by atoms with Crippen LogP contribution in [0.5, 0.6) is 0 Å². The SMILES string of the molecule is Cc1cccc([C@@H](NC(=O)c2ccc(-n3cnnc3)cc2)C2CC2)n1. The lowest BCUT2D eigenvalue weighted by atomic mass is 10.1. The summed E-state index contributed by atoms with van der Waals surface area (Å²) >= 11 is 0. The van der Waals surface area contributed by atoms with Crippen LogP contribution in [0.1, 0.15) is 40.6 Å². The van der Waals surface area contributed by atoms with Crippen molar-refractivity contribution in [2.45, 2.75) is 25.8 Å². The van der Waals surface area contributed by atoms with Crippen LogP contribution >= 0.6 is 0 Å². The molecule has 1 atom stereocenters. The molecule has 25 heavy (non-hydrogen) atoms. The summed E-state index contributed by atoms with van der Waals surface area (Å²) in [5, 5.41) is 10.7. The second kappa shape index (κ2) is 6.47. The highest BCUT2D eigenvalue weighted by Gasteiger charge is 2.34. The molecule has 126 valence electrons. The van der Waals surface area contributed by atoms with Crippen molar-refractivity contribution < 1.29 is 4.79 Å². The molecule has 0 radical (unpaired) electrons. The Bertz CT molecular complexity index is 869. The van der Waals surface area contributed by atoms with E-state index in [0.717, 1.165) is 29.9 Å². The molecule has 1 saturated carbocycles. The van der Waals surface area contributed by atoms with Gasteiger partial charge in [0.15, 0.2) is 0 Å². The van der Waals surface area contributed by atoms with Crippen molar-refractivity contribution in [3.63, 3.8) is 0 Å². The summed E-state index contributed by atoms with van der Waals surface area (Å²) in [5.41, 5.74) is 3.46. The van der Waals surface area contributed by atoms with E-state index < -0.39 is 0 Å². The molecule has 0 saturated heterocycles. The highest BCUT2D eigenvalue weighted by molar-refractivity contribution is 5.94. The van der Waals surface area contributed by atoms with Crippen LogP contribution in [0.25, 0.3) is 5.69 Å². The Hall–Kier alpha value is -3.02. The van der Waals surface area contributed by atoms with E-state index in [2.05, 4.69) is 20.5 Å². The first-order valence-electron chi connectivity index (χ1n) is 8.40. The minimum absolute atomic E-state index is 0.0232. The van der Waals surface area contributed by atoms with Gasteiger partial charge in [-0.1, -0.05) is 6.07 Å². The molecule has 1 fully saturated rings. The number of carbonyl (C=O) groups excluding carboxylic acids is 1. The highest BCUT2D eigenvalue weighted by atomic mass is 16.1. The normalized spacial score (nSPS) is 14.9. The largest absolute Gasteiger partial charge is 0.343 e. The summed E-state index contributed by atoms with van der Waals surface area (Å²) in [6, 6.07) is 13.3. The molecule has 1 aliphatic carbocycles. The monoisotopic (exact) mass is 333 g/mol. The van der Waals surface area contributed by atoms with Crippen LogP contribution in [0, 0.1) is 12.8 Å². The van der Waals surface area contributed by atoms with Crippen LogP contribution in [0.2, 0.25) is 0 Å². The molecule has 0 bridgehead atoms. The number of amides is 1. The molecule has 2 aromatic heterocycles. The van der Waals surface area contributed by atoms with Gasteiger partial charge in [-0.05, 0) is 62.1 Å². The predicted molar refractivity (Wildman–Crippen MR) is 93.3 cm³/mol. The second-order valence-corrected chi connectivity index (χ2v) is 6.41. The van der Waals surface area contributed by atoms with Crippen LogP contribution in [0.15, 0.2) is 55.1 Å². The first kappa shape index (κ1) is 15.5. The maximum absolute atomic E-state index is 12.7. The number of rotatable bonds is 5. The Morgan fingerprint density at radius 3 is 2.48 bits per heavy atom. The van der Waals surface area contributed by atoms with Gasteiger partial charge in [-0.2, -0.15) is 0 Å². The zero-order valence-corrected chi connectivity index (χ0v) is 14.0. The fourth-order valence-corrected chi connectivity index (χ4v) is 2.94. The molecule has 6 heteroatoms. The third kappa shape index (κ3) is 3.42. The number of hydrogen-bond acceptors (Lipinski definition) is 4. The first-order valence-corrected chi connectivity index (χ1v) is 8.40. The van der Waals surface area contributed by atoms with Crippen molar-refractivity contribution in [1.29, 1.82) is 0 Å². The number of aromatic nitrogens is 4. The van der Waals surface area contributed by atoms with Gasteiger partial charge in [0.2, 0.25) is 0 Å². The number of pyridine rings is 1. The molecule has 1 N–H and O–H groups in total. The lowest BCUT2D eigenvalue weighted by molar-refractivity contribution is 0.0930. The fraction of sp³-hybridized carbons (Fsp3) is 0.263. The van der Waals surface area contributed by atoms with Crippen molar-refractivity contribution >= 4 is 5.91 Å². The third-order valence-electron chi connectivity index (χ3n) is 4.45. The van der Waals surface area contributed by atoms with Crippen molar-refractivity contribution in [3.05, 3.63) is 72.1 Å². The number of carbonyl (C=O) groups is 1. The predicted octanol–water partition coefficient (Wildman–Crippen LogP) is 2.85. The molecule has 0 aliphatic heterocycles. The number of hydrogen-bond donors (Lipinski definition) is 1. The van der Waals surface area contributed by atoms with E-state index in [1.165, 1.54) is 0 Å². The van der Waals surface area contributed by atoms with Crippen LogP contribution in [0.3, 0.4) is 0 Å². The number of aryl methyl sites for hydroxylation is 1. The van der Waals surface area contributed by atoms with Gasteiger partial charge in [0.25, 0.3) is 5.91 Å². The highest BCUT2D eigenvalue weighted by Crippen LogP contribution is 2.40. The van der Waals surface area contributed by atoms with Gasteiger partial charge in [0.1, 0.15) is 12.7 Å². The standard InChI is InChI=1S/C19H19N5O/c1-13-3-2-4-17(22-13)18(14-5-6-14)23-19(25)15-7-9-16(10-8-15)24-11-20-21-12-24/h2-4,7-12,14,18H,5-6H2,1H3,(H,23,25)/t18-/m0/s1. The molecule has 0 spiro atoms. The van der Waals surface area contributed by atoms with Crippen molar-refractivity contribution in [3.8, 4) is 5.69 Å². The van der Waals surface area contributed by atoms with E-state index in [1.807, 2.05) is 49.4 Å². The average Bonchev–Trinajstić information content (AvgIpc) is 3.32. The maximum atomic E-state index is 12.7. The van der Waals surface area contributed by atoms with Crippen molar-refractivity contribution in [2.75, 3.05) is 0 Å². The average molecular weight is 333 g/mol. The topological polar surface area (TPSA) is 72.7 Å². The number of nitrogens with one attached hydrogen (secondary N) is 1. The molecular formula is C19H19N5O. The van der Waals surface area contributed by atoms with E-state index in [-0.39, 0.29) is 11.9 Å². The van der Waals surface area contributed by atoms with Crippen molar-refractivity contribution in [2.24, 2.45) is 5.92 Å². The van der Waals surface area contributed by atoms with Crippen molar-refractivity contribution in [1.82, 2.24) is 25.1 Å². The summed E-state index contributed by atoms with van der Waals surface area (Å²) in [7, 11) is 0. The smallest absolute Gasteiger partial charge is 0.251 e. The van der Waals surface area contributed by atoms with Gasteiger partial charge in [0, 0.05) is 16.9 Å². The van der Waals surface area contributed by atoms with E-state index in [9.17, 15) is 4.79 Å². The van der Waals surface area contributed by atoms with Gasteiger partial charge < -0.3 is 5.32 Å². The van der Waals surface area contributed by atoms with E-state index in [0.29, 0.717) is 11.5 Å². The first-order chi connectivity index (χ1) is 12.2. The molecule has 1 amide bonds. The summed E-state index contributed by atoms with van der Waals surface area (Å²) < 4.78 is 1.80. The molecular weight excluding hydrogens is 314 g/mol. The number of benzene rings is 1. The minimum Gasteiger partial charge on any atom is -0.343 e. The van der Waals surface area contributed by atoms with Gasteiger partial charge >= 0.3 is 0 Å². The van der Waals surface area contributed by atoms with E-state index in [1.54, 1.807) is 17.2 Å². The second-order valence-electron chi connectivity index (χ2n) is 6.41. The van der Waals surface area contributed by atoms with Gasteiger partial charge in [-0.15, -0.1) is 10.2 Å². The summed E-state index contributed by atoms with van der Waals surface area (Å²) in [6.07, 6.45) is 5.52. The van der Waals surface area contributed by atoms with E-state index >= 15 is 0 Å². The Morgan fingerprint density at radius 2 is 1.84 bits per heavy atom. The lowest BCUT2D eigenvalue weighted by Gasteiger charge is -2.18. The van der Waals surface area contributed by atoms with Gasteiger partial charge in [-0.25, -0.2) is 0 Å². The Labute approximate surface area is 145 Å². The van der Waals surface area contributed by atoms with Crippen LogP contribution in [0.4, 0.5) is 0 Å². The zero-order valence-electron chi connectivity index (χ0n) is 14.0.